The van der Waals surface area contributed by atoms with Crippen LogP contribution in [0.15, 0.2) is 30.3 Å². The van der Waals surface area contributed by atoms with E-state index < -0.39 is 0 Å². The van der Waals surface area contributed by atoms with E-state index in [1.165, 1.54) is 10.2 Å². The quantitative estimate of drug-likeness (QED) is 0.786. The number of rotatable bonds is 4. The van der Waals surface area contributed by atoms with Crippen LogP contribution in [0.4, 0.5) is 5.82 Å². The molecule has 2 rings (SSSR count). The van der Waals surface area contributed by atoms with Crippen molar-refractivity contribution < 1.29 is 0 Å². The number of aryl methyl sites for hydroxylation is 1. The first-order chi connectivity index (χ1) is 8.22. The molecule has 0 saturated heterocycles. The molecule has 0 amide bonds. The van der Waals surface area contributed by atoms with Gasteiger partial charge in [0.1, 0.15) is 11.6 Å². The van der Waals surface area contributed by atoms with Crippen molar-refractivity contribution >= 4 is 5.82 Å². The molecule has 0 aliphatic carbocycles. The second-order valence-corrected chi connectivity index (χ2v) is 4.14. The van der Waals surface area contributed by atoms with Gasteiger partial charge in [0.05, 0.1) is 5.69 Å². The van der Waals surface area contributed by atoms with Crippen molar-refractivity contribution in [1.29, 1.82) is 0 Å². The topological polar surface area (TPSA) is 69.9 Å². The molecule has 0 aliphatic rings. The summed E-state index contributed by atoms with van der Waals surface area (Å²) in [7, 11) is 0. The molecule has 0 fully saturated rings. The standard InChI is InChI=1S/C13H18N4/c1-2-6-12-16-11(13(14)17(12)15)9-10-7-4-3-5-8-10/h3-5,7-8H,2,6,9,14-15H2,1H3. The number of nitrogens with two attached hydrogens (primary N) is 2. The van der Waals surface area contributed by atoms with Gasteiger partial charge in [0.2, 0.25) is 0 Å². The van der Waals surface area contributed by atoms with Crippen LogP contribution < -0.4 is 11.6 Å². The van der Waals surface area contributed by atoms with E-state index in [1.54, 1.807) is 0 Å². The van der Waals surface area contributed by atoms with Crippen molar-refractivity contribution in [3.05, 3.63) is 47.4 Å². The van der Waals surface area contributed by atoms with E-state index in [2.05, 4.69) is 24.0 Å². The number of benzene rings is 1. The van der Waals surface area contributed by atoms with Crippen molar-refractivity contribution in [1.82, 2.24) is 9.66 Å². The molecule has 0 saturated carbocycles. The smallest absolute Gasteiger partial charge is 0.146 e. The number of hydrogen-bond acceptors (Lipinski definition) is 3. The van der Waals surface area contributed by atoms with Gasteiger partial charge in [-0.05, 0) is 12.0 Å². The molecule has 0 spiro atoms. The Bertz CT molecular complexity index is 488. The van der Waals surface area contributed by atoms with Crippen molar-refractivity contribution in [3.63, 3.8) is 0 Å². The summed E-state index contributed by atoms with van der Waals surface area (Å²) < 4.78 is 1.50. The van der Waals surface area contributed by atoms with Crippen molar-refractivity contribution in [2.45, 2.75) is 26.2 Å². The van der Waals surface area contributed by atoms with Gasteiger partial charge in [-0.1, -0.05) is 37.3 Å². The van der Waals surface area contributed by atoms with Crippen LogP contribution in [0.2, 0.25) is 0 Å². The van der Waals surface area contributed by atoms with Crippen LogP contribution in [0, 0.1) is 0 Å². The Kier molecular flexibility index (Phi) is 3.32. The lowest BCUT2D eigenvalue weighted by atomic mass is 10.1. The Morgan fingerprint density at radius 3 is 2.59 bits per heavy atom. The molecular formula is C13H18N4. The highest BCUT2D eigenvalue weighted by Crippen LogP contribution is 2.16. The Labute approximate surface area is 101 Å². The summed E-state index contributed by atoms with van der Waals surface area (Å²) in [5.41, 5.74) is 8.01. The molecule has 0 atom stereocenters. The van der Waals surface area contributed by atoms with E-state index in [9.17, 15) is 0 Å². The zero-order valence-electron chi connectivity index (χ0n) is 10.1. The summed E-state index contributed by atoms with van der Waals surface area (Å²) in [5.74, 6) is 7.30. The first kappa shape index (κ1) is 11.5. The average molecular weight is 230 g/mol. The number of anilines is 1. The fraction of sp³-hybridized carbons (Fsp3) is 0.308. The molecule has 1 heterocycles. The molecule has 1 aromatic heterocycles. The minimum Gasteiger partial charge on any atom is -0.382 e. The normalized spacial score (nSPS) is 10.6. The number of hydrogen-bond donors (Lipinski definition) is 2. The summed E-state index contributed by atoms with van der Waals surface area (Å²) in [6.07, 6.45) is 2.60. The third kappa shape index (κ3) is 2.41. The summed E-state index contributed by atoms with van der Waals surface area (Å²) in [5, 5.41) is 0. The Hall–Kier alpha value is -1.97. The maximum Gasteiger partial charge on any atom is 0.146 e. The van der Waals surface area contributed by atoms with Crippen molar-refractivity contribution in [2.75, 3.05) is 11.6 Å². The van der Waals surface area contributed by atoms with Gasteiger partial charge in [0.25, 0.3) is 0 Å². The second kappa shape index (κ2) is 4.91. The molecule has 4 heteroatoms. The summed E-state index contributed by atoms with van der Waals surface area (Å²) in [4.78, 5) is 4.51. The van der Waals surface area contributed by atoms with Crippen LogP contribution in [0.5, 0.6) is 0 Å². The molecule has 17 heavy (non-hydrogen) atoms. The van der Waals surface area contributed by atoms with E-state index in [0.29, 0.717) is 5.82 Å². The fourth-order valence-corrected chi connectivity index (χ4v) is 1.86. The predicted octanol–water partition coefficient (Wildman–Crippen LogP) is 1.72. The highest BCUT2D eigenvalue weighted by Gasteiger charge is 2.12. The van der Waals surface area contributed by atoms with E-state index in [1.807, 2.05) is 18.2 Å². The van der Waals surface area contributed by atoms with Crippen molar-refractivity contribution in [3.8, 4) is 0 Å². The van der Waals surface area contributed by atoms with Gasteiger partial charge in [-0.3, -0.25) is 0 Å². The minimum atomic E-state index is 0.567. The van der Waals surface area contributed by atoms with Crippen molar-refractivity contribution in [2.24, 2.45) is 0 Å². The molecule has 0 aliphatic heterocycles. The zero-order valence-corrected chi connectivity index (χ0v) is 10.1. The highest BCUT2D eigenvalue weighted by atomic mass is 15.4. The van der Waals surface area contributed by atoms with E-state index >= 15 is 0 Å². The molecule has 2 aromatic rings. The zero-order chi connectivity index (χ0) is 12.3. The maximum absolute atomic E-state index is 5.96. The van der Waals surface area contributed by atoms with Crippen LogP contribution in [0.1, 0.15) is 30.4 Å². The largest absolute Gasteiger partial charge is 0.382 e. The Morgan fingerprint density at radius 1 is 1.24 bits per heavy atom. The number of nitrogen functional groups attached to an aromatic ring is 2. The molecule has 0 unspecified atom stereocenters. The van der Waals surface area contributed by atoms with Gasteiger partial charge in [-0.2, -0.15) is 0 Å². The highest BCUT2D eigenvalue weighted by molar-refractivity contribution is 5.41. The van der Waals surface area contributed by atoms with Gasteiger partial charge in [0, 0.05) is 12.8 Å². The first-order valence-electron chi connectivity index (χ1n) is 5.87. The maximum atomic E-state index is 5.96. The SMILES string of the molecule is CCCc1nc(Cc2ccccc2)c(N)n1N. The Morgan fingerprint density at radius 2 is 1.94 bits per heavy atom. The number of nitrogens with zero attached hydrogens (tertiary/aromatic N) is 2. The molecular weight excluding hydrogens is 212 g/mol. The molecule has 0 radical (unpaired) electrons. The molecule has 90 valence electrons. The third-order valence-corrected chi connectivity index (χ3v) is 2.79. The minimum absolute atomic E-state index is 0.567. The van der Waals surface area contributed by atoms with Crippen LogP contribution in [0.25, 0.3) is 0 Å². The second-order valence-electron chi connectivity index (χ2n) is 4.14. The van der Waals surface area contributed by atoms with Gasteiger partial charge < -0.3 is 11.6 Å². The number of aromatic nitrogens is 2. The van der Waals surface area contributed by atoms with Crippen LogP contribution in [-0.4, -0.2) is 9.66 Å². The lowest BCUT2D eigenvalue weighted by Crippen LogP contribution is -2.15. The van der Waals surface area contributed by atoms with Gasteiger partial charge >= 0.3 is 0 Å². The fourth-order valence-electron chi connectivity index (χ4n) is 1.86. The average Bonchev–Trinajstić information content (AvgIpc) is 2.60. The summed E-state index contributed by atoms with van der Waals surface area (Å²) >= 11 is 0. The van der Waals surface area contributed by atoms with Crippen LogP contribution >= 0.6 is 0 Å². The van der Waals surface area contributed by atoms with E-state index in [4.69, 9.17) is 11.6 Å². The predicted molar refractivity (Wildman–Crippen MR) is 70.0 cm³/mol. The number of imidazole rings is 1. The van der Waals surface area contributed by atoms with E-state index in [0.717, 1.165) is 30.8 Å². The monoisotopic (exact) mass is 230 g/mol. The van der Waals surface area contributed by atoms with Crippen LogP contribution in [-0.2, 0) is 12.8 Å². The molecule has 4 N–H and O–H groups in total. The lowest BCUT2D eigenvalue weighted by Gasteiger charge is -2.01. The third-order valence-electron chi connectivity index (χ3n) is 2.79. The lowest BCUT2D eigenvalue weighted by molar-refractivity contribution is 0.792. The molecule has 4 nitrogen and oxygen atoms in total. The summed E-state index contributed by atoms with van der Waals surface area (Å²) in [6.45, 7) is 2.10. The van der Waals surface area contributed by atoms with E-state index in [-0.39, 0.29) is 0 Å². The summed E-state index contributed by atoms with van der Waals surface area (Å²) in [6, 6.07) is 10.1. The van der Waals surface area contributed by atoms with Gasteiger partial charge in [0.15, 0.2) is 0 Å². The van der Waals surface area contributed by atoms with Crippen LogP contribution in [0.3, 0.4) is 0 Å². The first-order valence-corrected chi connectivity index (χ1v) is 5.87. The molecule has 1 aromatic carbocycles. The Balaban J connectivity index is 2.25. The molecule has 0 bridgehead atoms. The van der Waals surface area contributed by atoms with Gasteiger partial charge in [-0.15, -0.1) is 0 Å². The van der Waals surface area contributed by atoms with Gasteiger partial charge in [-0.25, -0.2) is 9.66 Å².